The molecule has 2 aromatic heterocycles. The first-order valence-corrected chi connectivity index (χ1v) is 13.8. The number of likely N-dealkylation sites (N-methyl/N-ethyl adjacent to an activating group) is 1. The molecule has 2 amide bonds. The van der Waals surface area contributed by atoms with Gasteiger partial charge in [-0.1, -0.05) is 34.6 Å². The van der Waals surface area contributed by atoms with Gasteiger partial charge in [0.2, 0.25) is 0 Å². The van der Waals surface area contributed by atoms with Gasteiger partial charge in [-0.25, -0.2) is 9.59 Å². The molecule has 2 rings (SSSR count). The highest BCUT2D eigenvalue weighted by Gasteiger charge is 2.22. The topological polar surface area (TPSA) is 106 Å². The number of carbonyl (C=O) groups excluding carboxylic acids is 2. The molecule has 0 fully saturated rings. The minimum absolute atomic E-state index is 0.0677. The minimum atomic E-state index is -0.427. The fraction of sp³-hybridized carbons (Fsp3) is 0.667. The Labute approximate surface area is 216 Å². The number of carbonyl (C=O) groups is 2. The van der Waals surface area contributed by atoms with Crippen LogP contribution in [0.1, 0.15) is 57.2 Å². The average Bonchev–Trinajstić information content (AvgIpc) is 3.49. The Hall–Kier alpha value is -2.24. The maximum atomic E-state index is 12.4. The summed E-state index contributed by atoms with van der Waals surface area (Å²) in [5.74, 6) is 0.818. The lowest BCUT2D eigenvalue weighted by Gasteiger charge is -2.31. The number of amides is 2. The second-order valence-corrected chi connectivity index (χ2v) is 11.3. The second-order valence-electron chi connectivity index (χ2n) is 9.38. The van der Waals surface area contributed by atoms with Crippen molar-refractivity contribution in [1.29, 1.82) is 0 Å². The van der Waals surface area contributed by atoms with E-state index < -0.39 is 12.2 Å². The smallest absolute Gasteiger partial charge is 0.407 e. The molecule has 2 heterocycles. The molecule has 196 valence electrons. The van der Waals surface area contributed by atoms with E-state index in [0.29, 0.717) is 24.9 Å². The standard InChI is InChI=1S/C24H39N5O4S2/c1-6-29(11-19(7-17(2)3)27-23(30)32-13-21-9-25-15-34-21)12-20(8-18(4)5)28-24(31)33-14-22-10-26-16-35-22/h9-10,15-20H,6-8,11-14H2,1-5H3,(H,27,30)(H,28,31)/t19-,20-/m0/s1. The van der Waals surface area contributed by atoms with Gasteiger partial charge in [0, 0.05) is 37.6 Å². The van der Waals surface area contributed by atoms with Crippen LogP contribution in [0.3, 0.4) is 0 Å². The highest BCUT2D eigenvalue weighted by Crippen LogP contribution is 2.13. The SMILES string of the molecule is CCN(C[C@H](CC(C)C)NC(=O)OCc1cncs1)C[C@H](CC(C)C)NC(=O)OCc1cncs1. The number of nitrogens with zero attached hydrogens (tertiary/aromatic N) is 3. The zero-order chi connectivity index (χ0) is 25.6. The van der Waals surface area contributed by atoms with Crippen LogP contribution in [-0.2, 0) is 22.7 Å². The van der Waals surface area contributed by atoms with Crippen LogP contribution in [0.15, 0.2) is 23.4 Å². The van der Waals surface area contributed by atoms with E-state index in [1.807, 2.05) is 0 Å². The van der Waals surface area contributed by atoms with Gasteiger partial charge in [0.1, 0.15) is 13.2 Å². The van der Waals surface area contributed by atoms with E-state index in [2.05, 4.69) is 60.1 Å². The van der Waals surface area contributed by atoms with E-state index in [-0.39, 0.29) is 25.3 Å². The Bertz CT molecular complexity index is 778. The van der Waals surface area contributed by atoms with E-state index >= 15 is 0 Å². The van der Waals surface area contributed by atoms with E-state index in [1.165, 1.54) is 22.7 Å². The molecule has 2 atom stereocenters. The Kier molecular flexibility index (Phi) is 13.0. The number of rotatable bonds is 15. The fourth-order valence-corrected chi connectivity index (χ4v) is 4.78. The van der Waals surface area contributed by atoms with E-state index in [4.69, 9.17) is 9.47 Å². The van der Waals surface area contributed by atoms with Crippen LogP contribution >= 0.6 is 22.7 Å². The van der Waals surface area contributed by atoms with Crippen molar-refractivity contribution in [3.05, 3.63) is 33.2 Å². The quantitative estimate of drug-likeness (QED) is 0.341. The summed E-state index contributed by atoms with van der Waals surface area (Å²) in [7, 11) is 0. The normalized spacial score (nSPS) is 13.1. The molecular weight excluding hydrogens is 486 g/mol. The molecular formula is C24H39N5O4S2. The fourth-order valence-electron chi connectivity index (χ4n) is 3.77. The van der Waals surface area contributed by atoms with E-state index in [0.717, 1.165) is 29.1 Å². The molecule has 0 aliphatic rings. The predicted molar refractivity (Wildman–Crippen MR) is 139 cm³/mol. The maximum absolute atomic E-state index is 12.4. The largest absolute Gasteiger partial charge is 0.444 e. The van der Waals surface area contributed by atoms with Gasteiger partial charge < -0.3 is 20.1 Å². The Morgan fingerprint density at radius 1 is 0.857 bits per heavy atom. The minimum Gasteiger partial charge on any atom is -0.444 e. The zero-order valence-electron chi connectivity index (χ0n) is 21.4. The summed E-state index contributed by atoms with van der Waals surface area (Å²) in [6.45, 7) is 13.2. The lowest BCUT2D eigenvalue weighted by Crippen LogP contribution is -2.49. The number of alkyl carbamates (subject to hydrolysis) is 2. The maximum Gasteiger partial charge on any atom is 0.407 e. The molecule has 2 aromatic rings. The van der Waals surface area contributed by atoms with Crippen molar-refractivity contribution >= 4 is 34.9 Å². The van der Waals surface area contributed by atoms with Crippen LogP contribution in [-0.4, -0.2) is 58.8 Å². The van der Waals surface area contributed by atoms with Gasteiger partial charge in [0.15, 0.2) is 0 Å². The molecule has 2 N–H and O–H groups in total. The highest BCUT2D eigenvalue weighted by molar-refractivity contribution is 7.09. The molecule has 0 aliphatic carbocycles. The average molecular weight is 526 g/mol. The molecule has 0 saturated carbocycles. The molecule has 9 nitrogen and oxygen atoms in total. The third-order valence-electron chi connectivity index (χ3n) is 5.22. The van der Waals surface area contributed by atoms with Gasteiger partial charge in [-0.2, -0.15) is 0 Å². The number of nitrogens with one attached hydrogen (secondary N) is 2. The molecule has 11 heteroatoms. The number of hydrogen-bond acceptors (Lipinski definition) is 9. The van der Waals surface area contributed by atoms with Gasteiger partial charge in [-0.05, 0) is 31.2 Å². The number of thiazole rings is 2. The Morgan fingerprint density at radius 2 is 1.29 bits per heavy atom. The third kappa shape index (κ3) is 12.3. The molecule has 35 heavy (non-hydrogen) atoms. The van der Waals surface area contributed by atoms with E-state index in [9.17, 15) is 9.59 Å². The molecule has 0 saturated heterocycles. The van der Waals surface area contributed by atoms with Crippen molar-refractivity contribution in [1.82, 2.24) is 25.5 Å². The summed E-state index contributed by atoms with van der Waals surface area (Å²) in [6, 6.07) is -0.135. The van der Waals surface area contributed by atoms with Crippen LogP contribution in [0.2, 0.25) is 0 Å². The first-order valence-electron chi connectivity index (χ1n) is 12.1. The Balaban J connectivity index is 1.91. The summed E-state index contributed by atoms with van der Waals surface area (Å²) in [6.07, 6.45) is 4.20. The molecule has 0 bridgehead atoms. The van der Waals surface area contributed by atoms with Gasteiger partial charge in [-0.3, -0.25) is 14.9 Å². The van der Waals surface area contributed by atoms with Crippen molar-refractivity contribution < 1.29 is 19.1 Å². The van der Waals surface area contributed by atoms with Gasteiger partial charge in [-0.15, -0.1) is 22.7 Å². The van der Waals surface area contributed by atoms with Gasteiger partial charge in [0.25, 0.3) is 0 Å². The number of aromatic nitrogens is 2. The molecule has 0 aliphatic heterocycles. The first kappa shape index (κ1) is 29.0. The molecule has 0 radical (unpaired) electrons. The van der Waals surface area contributed by atoms with Crippen LogP contribution in [0.25, 0.3) is 0 Å². The summed E-state index contributed by atoms with van der Waals surface area (Å²) < 4.78 is 10.8. The van der Waals surface area contributed by atoms with Gasteiger partial charge >= 0.3 is 12.2 Å². The van der Waals surface area contributed by atoms with E-state index in [1.54, 1.807) is 23.4 Å². The molecule has 0 aromatic carbocycles. The van der Waals surface area contributed by atoms with Crippen LogP contribution in [0.5, 0.6) is 0 Å². The monoisotopic (exact) mass is 525 g/mol. The van der Waals surface area contributed by atoms with Crippen LogP contribution in [0.4, 0.5) is 9.59 Å². The van der Waals surface area contributed by atoms with Crippen molar-refractivity contribution in [2.45, 2.75) is 72.8 Å². The third-order valence-corrected chi connectivity index (χ3v) is 6.72. The lowest BCUT2D eigenvalue weighted by molar-refractivity contribution is 0.124. The van der Waals surface area contributed by atoms with Crippen molar-refractivity contribution in [2.24, 2.45) is 11.8 Å². The van der Waals surface area contributed by atoms with Gasteiger partial charge in [0.05, 0.1) is 20.8 Å². The van der Waals surface area contributed by atoms with Crippen molar-refractivity contribution in [3.63, 3.8) is 0 Å². The number of hydrogen-bond donors (Lipinski definition) is 2. The van der Waals surface area contributed by atoms with Crippen LogP contribution in [0, 0.1) is 11.8 Å². The lowest BCUT2D eigenvalue weighted by atomic mass is 10.0. The van der Waals surface area contributed by atoms with Crippen LogP contribution < -0.4 is 10.6 Å². The summed E-state index contributed by atoms with van der Waals surface area (Å²) in [5, 5.41) is 6.06. The van der Waals surface area contributed by atoms with Crippen molar-refractivity contribution in [2.75, 3.05) is 19.6 Å². The molecule has 0 unspecified atom stereocenters. The second kappa shape index (κ2) is 15.7. The highest BCUT2D eigenvalue weighted by atomic mass is 32.1. The summed E-state index contributed by atoms with van der Waals surface area (Å²) in [5.41, 5.74) is 3.43. The Morgan fingerprint density at radius 3 is 1.60 bits per heavy atom. The first-order chi connectivity index (χ1) is 16.7. The summed E-state index contributed by atoms with van der Waals surface area (Å²) in [4.78, 5) is 36.9. The number of ether oxygens (including phenoxy) is 2. The van der Waals surface area contributed by atoms with Crippen molar-refractivity contribution in [3.8, 4) is 0 Å². The molecule has 0 spiro atoms. The zero-order valence-corrected chi connectivity index (χ0v) is 23.0. The predicted octanol–water partition coefficient (Wildman–Crippen LogP) is 4.90. The summed E-state index contributed by atoms with van der Waals surface area (Å²) >= 11 is 2.91.